The van der Waals surface area contributed by atoms with Crippen LogP contribution >= 0.6 is 0 Å². The Morgan fingerprint density at radius 3 is 2.94 bits per heavy atom. The number of amides is 2. The zero-order chi connectivity index (χ0) is 13.1. The van der Waals surface area contributed by atoms with Crippen LogP contribution in [-0.2, 0) is 9.59 Å². The predicted octanol–water partition coefficient (Wildman–Crippen LogP) is 1.61. The van der Waals surface area contributed by atoms with Gasteiger partial charge in [0.05, 0.1) is 12.5 Å². The Labute approximate surface area is 108 Å². The van der Waals surface area contributed by atoms with E-state index in [-0.39, 0.29) is 24.3 Å². The van der Waals surface area contributed by atoms with E-state index in [1.165, 1.54) is 12.0 Å². The van der Waals surface area contributed by atoms with Crippen molar-refractivity contribution < 1.29 is 9.59 Å². The minimum absolute atomic E-state index is 0.0210. The number of nitrogens with one attached hydrogen (secondary N) is 1. The lowest BCUT2D eigenvalue weighted by Crippen LogP contribution is -2.33. The molecule has 1 aliphatic carbocycles. The Morgan fingerprint density at radius 2 is 2.22 bits per heavy atom. The number of hydrogen-bond acceptors (Lipinski definition) is 2. The quantitative estimate of drug-likeness (QED) is 0.824. The van der Waals surface area contributed by atoms with Crippen LogP contribution < -0.4 is 5.32 Å². The first-order valence-corrected chi connectivity index (χ1v) is 6.91. The van der Waals surface area contributed by atoms with Crippen molar-refractivity contribution in [2.45, 2.75) is 51.5 Å². The lowest BCUT2D eigenvalue weighted by Gasteiger charge is -2.26. The fourth-order valence-corrected chi connectivity index (χ4v) is 2.94. The average molecular weight is 250 g/mol. The van der Waals surface area contributed by atoms with Crippen LogP contribution in [-0.4, -0.2) is 36.3 Å². The van der Waals surface area contributed by atoms with Crippen molar-refractivity contribution in [3.05, 3.63) is 11.1 Å². The number of rotatable bonds is 4. The molecule has 1 aliphatic heterocycles. The largest absolute Gasteiger partial charge is 0.356 e. The summed E-state index contributed by atoms with van der Waals surface area (Å²) in [7, 11) is 1.86. The smallest absolute Gasteiger partial charge is 0.250 e. The van der Waals surface area contributed by atoms with Gasteiger partial charge in [-0.05, 0) is 31.3 Å². The highest BCUT2D eigenvalue weighted by Gasteiger charge is 2.38. The van der Waals surface area contributed by atoms with Crippen LogP contribution in [0.15, 0.2) is 11.1 Å². The van der Waals surface area contributed by atoms with Gasteiger partial charge in [0.15, 0.2) is 0 Å². The summed E-state index contributed by atoms with van der Waals surface area (Å²) < 4.78 is 0. The highest BCUT2D eigenvalue weighted by atomic mass is 16.2. The molecule has 4 heteroatoms. The molecule has 0 radical (unpaired) electrons. The van der Waals surface area contributed by atoms with Crippen molar-refractivity contribution in [1.29, 1.82) is 0 Å². The molecule has 0 aromatic rings. The molecule has 1 unspecified atom stereocenters. The van der Waals surface area contributed by atoms with Gasteiger partial charge in [0.1, 0.15) is 0 Å². The maximum Gasteiger partial charge on any atom is 0.250 e. The normalized spacial score (nSPS) is 23.3. The monoisotopic (exact) mass is 250 g/mol. The second-order valence-electron chi connectivity index (χ2n) is 5.21. The topological polar surface area (TPSA) is 49.4 Å². The van der Waals surface area contributed by atoms with Gasteiger partial charge in [0.25, 0.3) is 5.91 Å². The van der Waals surface area contributed by atoms with Crippen LogP contribution in [0.1, 0.15) is 45.4 Å². The Hall–Kier alpha value is -1.32. The second kappa shape index (κ2) is 5.55. The first-order chi connectivity index (χ1) is 8.65. The van der Waals surface area contributed by atoms with E-state index >= 15 is 0 Å². The second-order valence-corrected chi connectivity index (χ2v) is 5.21. The van der Waals surface area contributed by atoms with Crippen LogP contribution in [0.2, 0.25) is 0 Å². The van der Waals surface area contributed by atoms with Crippen molar-refractivity contribution in [3.63, 3.8) is 0 Å². The highest BCUT2D eigenvalue weighted by Crippen LogP contribution is 2.36. The molecule has 4 nitrogen and oxygen atoms in total. The third-order valence-corrected chi connectivity index (χ3v) is 3.92. The minimum atomic E-state index is -0.0210. The molecule has 0 aromatic heterocycles. The molecule has 100 valence electrons. The maximum absolute atomic E-state index is 12.2. The first kappa shape index (κ1) is 13.1. The fourth-order valence-electron chi connectivity index (χ4n) is 2.94. The van der Waals surface area contributed by atoms with Crippen LogP contribution in [0, 0.1) is 0 Å². The summed E-state index contributed by atoms with van der Waals surface area (Å²) in [6.45, 7) is 2.71. The van der Waals surface area contributed by atoms with E-state index in [1.807, 2.05) is 18.9 Å². The van der Waals surface area contributed by atoms with E-state index in [2.05, 4.69) is 5.32 Å². The molecule has 1 heterocycles. The SMILES string of the molecule is CCCNC(=O)CC1=C2CCCCC2N(C)C1=O. The summed E-state index contributed by atoms with van der Waals surface area (Å²) in [5.41, 5.74) is 1.98. The molecule has 2 aliphatic rings. The molecule has 2 amide bonds. The number of likely N-dealkylation sites (N-methyl/N-ethyl adjacent to an activating group) is 1. The number of fused-ring (bicyclic) bond motifs is 1. The van der Waals surface area contributed by atoms with E-state index in [1.54, 1.807) is 0 Å². The molecule has 2 rings (SSSR count). The molecule has 0 aromatic carbocycles. The number of carbonyl (C=O) groups is 2. The molecule has 1 atom stereocenters. The zero-order valence-corrected chi connectivity index (χ0v) is 11.3. The summed E-state index contributed by atoms with van der Waals surface area (Å²) in [6, 6.07) is 0.264. The van der Waals surface area contributed by atoms with Crippen LogP contribution in [0.25, 0.3) is 0 Å². The average Bonchev–Trinajstić information content (AvgIpc) is 2.62. The number of carbonyl (C=O) groups excluding carboxylic acids is 2. The van der Waals surface area contributed by atoms with E-state index in [0.717, 1.165) is 31.3 Å². The molecular weight excluding hydrogens is 228 g/mol. The van der Waals surface area contributed by atoms with Gasteiger partial charge in [0.2, 0.25) is 5.91 Å². The number of nitrogens with zero attached hydrogens (tertiary/aromatic N) is 1. The summed E-state index contributed by atoms with van der Waals surface area (Å²) >= 11 is 0. The summed E-state index contributed by atoms with van der Waals surface area (Å²) in [6.07, 6.45) is 5.55. The standard InChI is InChI=1S/C14H22N2O2/c1-3-8-15-13(17)9-11-10-6-4-5-7-12(10)16(2)14(11)18/h12H,3-9H2,1-2H3,(H,15,17). The summed E-state index contributed by atoms with van der Waals surface area (Å²) in [5.74, 6) is 0.0378. The molecule has 1 saturated carbocycles. The van der Waals surface area contributed by atoms with Crippen molar-refractivity contribution in [3.8, 4) is 0 Å². The van der Waals surface area contributed by atoms with Crippen molar-refractivity contribution in [1.82, 2.24) is 10.2 Å². The van der Waals surface area contributed by atoms with E-state index in [4.69, 9.17) is 0 Å². The fraction of sp³-hybridized carbons (Fsp3) is 0.714. The maximum atomic E-state index is 12.2. The molecule has 18 heavy (non-hydrogen) atoms. The van der Waals surface area contributed by atoms with Gasteiger partial charge in [-0.2, -0.15) is 0 Å². The molecule has 1 N–H and O–H groups in total. The third-order valence-electron chi connectivity index (χ3n) is 3.92. The van der Waals surface area contributed by atoms with E-state index < -0.39 is 0 Å². The lowest BCUT2D eigenvalue weighted by atomic mass is 9.88. The van der Waals surface area contributed by atoms with Gasteiger partial charge in [-0.25, -0.2) is 0 Å². The van der Waals surface area contributed by atoms with E-state index in [9.17, 15) is 9.59 Å². The summed E-state index contributed by atoms with van der Waals surface area (Å²) in [5, 5.41) is 2.85. The minimum Gasteiger partial charge on any atom is -0.356 e. The zero-order valence-electron chi connectivity index (χ0n) is 11.3. The molecule has 0 bridgehead atoms. The van der Waals surface area contributed by atoms with Crippen molar-refractivity contribution in [2.75, 3.05) is 13.6 Å². The molecule has 0 spiro atoms. The van der Waals surface area contributed by atoms with Crippen molar-refractivity contribution >= 4 is 11.8 Å². The van der Waals surface area contributed by atoms with Crippen LogP contribution in [0.3, 0.4) is 0 Å². The third kappa shape index (κ3) is 2.42. The van der Waals surface area contributed by atoms with Gasteiger partial charge >= 0.3 is 0 Å². The molecule has 0 saturated heterocycles. The first-order valence-electron chi connectivity index (χ1n) is 6.91. The van der Waals surface area contributed by atoms with Gasteiger partial charge in [-0.3, -0.25) is 9.59 Å². The Bertz CT molecular complexity index is 387. The molecular formula is C14H22N2O2. The molecule has 1 fully saturated rings. The Kier molecular flexibility index (Phi) is 4.04. The Balaban J connectivity index is 2.09. The van der Waals surface area contributed by atoms with Gasteiger partial charge in [-0.15, -0.1) is 0 Å². The highest BCUT2D eigenvalue weighted by molar-refractivity contribution is 6.02. The lowest BCUT2D eigenvalue weighted by molar-refractivity contribution is -0.127. The number of hydrogen-bond donors (Lipinski definition) is 1. The van der Waals surface area contributed by atoms with Gasteiger partial charge < -0.3 is 10.2 Å². The van der Waals surface area contributed by atoms with E-state index in [0.29, 0.717) is 6.54 Å². The van der Waals surface area contributed by atoms with Gasteiger partial charge in [0, 0.05) is 19.2 Å². The van der Waals surface area contributed by atoms with Gasteiger partial charge in [-0.1, -0.05) is 13.3 Å². The summed E-state index contributed by atoms with van der Waals surface area (Å²) in [4.78, 5) is 25.8. The van der Waals surface area contributed by atoms with Crippen LogP contribution in [0.5, 0.6) is 0 Å². The Morgan fingerprint density at radius 1 is 1.44 bits per heavy atom. The predicted molar refractivity (Wildman–Crippen MR) is 70.0 cm³/mol. The van der Waals surface area contributed by atoms with Crippen molar-refractivity contribution in [2.24, 2.45) is 0 Å². The van der Waals surface area contributed by atoms with Crippen LogP contribution in [0.4, 0.5) is 0 Å².